The number of carbonyl (C=O) groups is 2. The highest BCUT2D eigenvalue weighted by Gasteiger charge is 2.61. The van der Waals surface area contributed by atoms with E-state index in [4.69, 9.17) is 11.6 Å². The van der Waals surface area contributed by atoms with Crippen molar-refractivity contribution in [3.05, 3.63) is 59.4 Å². The predicted octanol–water partition coefficient (Wildman–Crippen LogP) is 4.44. The Morgan fingerprint density at radius 3 is 2.52 bits per heavy atom. The maximum absolute atomic E-state index is 13.4. The molecule has 4 bridgehead atoms. The molecule has 0 aliphatic heterocycles. The maximum atomic E-state index is 13.4. The van der Waals surface area contributed by atoms with E-state index in [1.807, 2.05) is 18.2 Å². The van der Waals surface area contributed by atoms with Gasteiger partial charge >= 0.3 is 0 Å². The number of benzene rings is 1. The van der Waals surface area contributed by atoms with E-state index in [0.717, 1.165) is 37.8 Å². The lowest BCUT2D eigenvalue weighted by molar-refractivity contribution is -0.144. The van der Waals surface area contributed by atoms with Crippen LogP contribution in [0.2, 0.25) is 5.02 Å². The molecule has 2 unspecified atom stereocenters. The maximum Gasteiger partial charge on any atom is 0.270 e. The third-order valence-electron chi connectivity index (χ3n) is 6.90. The topological polar surface area (TPSA) is 71.1 Å². The molecular weight excluding hydrogens is 386 g/mol. The second-order valence-corrected chi connectivity index (χ2v) is 9.59. The van der Waals surface area contributed by atoms with Crippen LogP contribution in [0, 0.1) is 17.3 Å². The monoisotopic (exact) mass is 409 g/mol. The fourth-order valence-electron chi connectivity index (χ4n) is 6.31. The number of hydrogen-bond acceptors (Lipinski definition) is 3. The number of pyridine rings is 1. The molecule has 1 aromatic heterocycles. The van der Waals surface area contributed by atoms with E-state index >= 15 is 0 Å². The Labute approximate surface area is 175 Å². The highest BCUT2D eigenvalue weighted by Crippen LogP contribution is 2.62. The molecule has 0 spiro atoms. The molecule has 0 radical (unpaired) electrons. The van der Waals surface area contributed by atoms with Gasteiger partial charge in [-0.25, -0.2) is 0 Å². The smallest absolute Gasteiger partial charge is 0.270 e. The molecule has 1 heterocycles. The number of aromatic nitrogens is 1. The van der Waals surface area contributed by atoms with Crippen LogP contribution < -0.4 is 10.6 Å². The quantitative estimate of drug-likeness (QED) is 0.784. The van der Waals surface area contributed by atoms with Gasteiger partial charge < -0.3 is 10.6 Å². The van der Waals surface area contributed by atoms with Crippen LogP contribution in [0.3, 0.4) is 0 Å². The van der Waals surface area contributed by atoms with Gasteiger partial charge in [0.2, 0.25) is 5.91 Å². The number of carbonyl (C=O) groups excluding carboxylic acids is 2. The molecule has 4 fully saturated rings. The van der Waals surface area contributed by atoms with Crippen LogP contribution in [-0.2, 0) is 4.79 Å². The first-order valence-electron chi connectivity index (χ1n) is 10.3. The molecule has 6 heteroatoms. The molecule has 150 valence electrons. The van der Waals surface area contributed by atoms with Crippen LogP contribution in [0.1, 0.15) is 49.0 Å². The Kier molecular flexibility index (Phi) is 4.39. The average Bonchev–Trinajstić information content (AvgIpc) is 2.67. The van der Waals surface area contributed by atoms with Crippen LogP contribution in [-0.4, -0.2) is 22.3 Å². The van der Waals surface area contributed by atoms with E-state index in [0.29, 0.717) is 29.0 Å². The summed E-state index contributed by atoms with van der Waals surface area (Å²) in [5, 5.41) is 6.99. The second-order valence-electron chi connectivity index (χ2n) is 9.16. The van der Waals surface area contributed by atoms with Gasteiger partial charge in [-0.15, -0.1) is 0 Å². The summed E-state index contributed by atoms with van der Waals surface area (Å²) in [6, 6.07) is 12.6. The van der Waals surface area contributed by atoms with Crippen molar-refractivity contribution in [2.24, 2.45) is 17.3 Å². The van der Waals surface area contributed by atoms with Gasteiger partial charge in [0, 0.05) is 22.4 Å². The van der Waals surface area contributed by atoms with Crippen LogP contribution >= 0.6 is 11.6 Å². The zero-order valence-electron chi connectivity index (χ0n) is 16.2. The number of hydrogen-bond donors (Lipinski definition) is 2. The summed E-state index contributed by atoms with van der Waals surface area (Å²) >= 11 is 6.08. The Balaban J connectivity index is 1.39. The van der Waals surface area contributed by atoms with Crippen molar-refractivity contribution in [1.29, 1.82) is 0 Å². The summed E-state index contributed by atoms with van der Waals surface area (Å²) < 4.78 is 0. The van der Waals surface area contributed by atoms with Crippen molar-refractivity contribution in [2.75, 3.05) is 5.32 Å². The Hall–Kier alpha value is -2.40. The molecular formula is C23H24ClN3O2. The van der Waals surface area contributed by atoms with Crippen molar-refractivity contribution >= 4 is 29.1 Å². The van der Waals surface area contributed by atoms with Crippen LogP contribution in [0.25, 0.3) is 0 Å². The minimum absolute atomic E-state index is 0.0605. The average molecular weight is 410 g/mol. The summed E-state index contributed by atoms with van der Waals surface area (Å²) in [6.07, 6.45) is 7.19. The minimum atomic E-state index is -0.427. The van der Waals surface area contributed by atoms with Gasteiger partial charge in [-0.1, -0.05) is 23.7 Å². The van der Waals surface area contributed by atoms with E-state index in [1.165, 1.54) is 0 Å². The minimum Gasteiger partial charge on any atom is -0.345 e. The zero-order valence-corrected chi connectivity index (χ0v) is 16.9. The number of nitrogens with one attached hydrogen (secondary N) is 2. The van der Waals surface area contributed by atoms with Gasteiger partial charge in [-0.3, -0.25) is 14.6 Å². The first-order valence-corrected chi connectivity index (χ1v) is 10.6. The molecule has 2 amide bonds. The number of rotatable bonds is 4. The zero-order chi connectivity index (χ0) is 20.1. The van der Waals surface area contributed by atoms with E-state index < -0.39 is 5.41 Å². The Morgan fingerprint density at radius 1 is 1.03 bits per heavy atom. The Morgan fingerprint density at radius 2 is 1.83 bits per heavy atom. The largest absolute Gasteiger partial charge is 0.345 e. The number of amides is 2. The summed E-state index contributed by atoms with van der Waals surface area (Å²) in [5.41, 5.74) is 0.416. The molecule has 4 aliphatic carbocycles. The second kappa shape index (κ2) is 6.84. The lowest BCUT2D eigenvalue weighted by Crippen LogP contribution is -2.65. The van der Waals surface area contributed by atoms with Gasteiger partial charge in [0.05, 0.1) is 5.41 Å². The third-order valence-corrected chi connectivity index (χ3v) is 7.14. The fourth-order valence-corrected chi connectivity index (χ4v) is 6.50. The third kappa shape index (κ3) is 3.42. The Bertz CT molecular complexity index is 948. The van der Waals surface area contributed by atoms with Crippen molar-refractivity contribution in [2.45, 2.75) is 44.1 Å². The first kappa shape index (κ1) is 18.6. The van der Waals surface area contributed by atoms with E-state index in [9.17, 15) is 9.59 Å². The molecule has 5 nitrogen and oxygen atoms in total. The van der Waals surface area contributed by atoms with Crippen molar-refractivity contribution < 1.29 is 9.59 Å². The lowest BCUT2D eigenvalue weighted by Gasteiger charge is -2.61. The number of nitrogens with zero attached hydrogens (tertiary/aromatic N) is 1. The van der Waals surface area contributed by atoms with E-state index in [-0.39, 0.29) is 17.4 Å². The van der Waals surface area contributed by atoms with Gasteiger partial charge in [0.15, 0.2) is 0 Å². The molecule has 2 atom stereocenters. The summed E-state index contributed by atoms with van der Waals surface area (Å²) in [4.78, 5) is 30.4. The molecule has 0 saturated heterocycles. The predicted molar refractivity (Wildman–Crippen MR) is 112 cm³/mol. The van der Waals surface area contributed by atoms with Crippen molar-refractivity contribution in [3.8, 4) is 0 Å². The normalized spacial score (nSPS) is 32.0. The summed E-state index contributed by atoms with van der Waals surface area (Å²) in [7, 11) is 0. The SMILES string of the molecule is O=C(NC12CC3CC(C1)CC(C(=O)Nc1cccc(Cl)c1)(C3)C2)c1ccccn1. The highest BCUT2D eigenvalue weighted by molar-refractivity contribution is 6.30. The van der Waals surface area contributed by atoms with Crippen molar-refractivity contribution in [1.82, 2.24) is 10.3 Å². The fraction of sp³-hybridized carbons (Fsp3) is 0.435. The molecule has 2 N–H and O–H groups in total. The standard InChI is InChI=1S/C23H24ClN3O2/c24-17-4-3-5-18(9-17)26-21(29)22-10-15-8-16(11-22)13-23(12-15,14-22)27-20(28)19-6-1-2-7-25-19/h1-7,9,15-16H,8,10-14H2,(H,26,29)(H,27,28). The van der Waals surface area contributed by atoms with Crippen LogP contribution in [0.15, 0.2) is 48.7 Å². The highest BCUT2D eigenvalue weighted by atomic mass is 35.5. The molecule has 6 rings (SSSR count). The summed E-state index contributed by atoms with van der Waals surface area (Å²) in [6.45, 7) is 0. The van der Waals surface area contributed by atoms with Gasteiger partial charge in [0.25, 0.3) is 5.91 Å². The molecule has 29 heavy (non-hydrogen) atoms. The molecule has 2 aromatic rings. The molecule has 1 aromatic carbocycles. The van der Waals surface area contributed by atoms with Crippen molar-refractivity contribution in [3.63, 3.8) is 0 Å². The van der Waals surface area contributed by atoms with E-state index in [2.05, 4.69) is 15.6 Å². The van der Waals surface area contributed by atoms with Crippen LogP contribution in [0.4, 0.5) is 5.69 Å². The lowest BCUT2D eigenvalue weighted by atomic mass is 9.46. The van der Waals surface area contributed by atoms with Crippen LogP contribution in [0.5, 0.6) is 0 Å². The summed E-state index contributed by atoms with van der Waals surface area (Å²) in [5.74, 6) is 0.874. The number of anilines is 1. The molecule has 4 saturated carbocycles. The van der Waals surface area contributed by atoms with Gasteiger partial charge in [0.1, 0.15) is 5.69 Å². The first-order chi connectivity index (χ1) is 14.0. The molecule has 4 aliphatic rings. The number of halogens is 1. The van der Waals surface area contributed by atoms with Gasteiger partial charge in [-0.2, -0.15) is 0 Å². The van der Waals surface area contributed by atoms with E-state index in [1.54, 1.807) is 30.5 Å². The van der Waals surface area contributed by atoms with Gasteiger partial charge in [-0.05, 0) is 80.7 Å².